The Labute approximate surface area is 94.1 Å². The van der Waals surface area contributed by atoms with E-state index in [2.05, 4.69) is 5.32 Å². The quantitative estimate of drug-likeness (QED) is 0.747. The van der Waals surface area contributed by atoms with Crippen molar-refractivity contribution in [3.05, 3.63) is 24.5 Å². The Morgan fingerprint density at radius 3 is 2.56 bits per heavy atom. The van der Waals surface area contributed by atoms with Crippen LogP contribution in [0.3, 0.4) is 0 Å². The monoisotopic (exact) mass is 224 g/mol. The predicted octanol–water partition coefficient (Wildman–Crippen LogP) is 0.715. The van der Waals surface area contributed by atoms with Crippen molar-refractivity contribution >= 4 is 11.9 Å². The fraction of sp³-hybridized carbons (Fsp3) is 0.455. The molecular weight excluding hydrogens is 208 g/mol. The molecule has 16 heavy (non-hydrogen) atoms. The first-order valence-corrected chi connectivity index (χ1v) is 5.20. The van der Waals surface area contributed by atoms with Crippen LogP contribution >= 0.6 is 0 Å². The van der Waals surface area contributed by atoms with Gasteiger partial charge in [-0.3, -0.25) is 9.59 Å². The molecule has 0 aromatic carbocycles. The van der Waals surface area contributed by atoms with Crippen molar-refractivity contribution in [1.82, 2.24) is 9.88 Å². The van der Waals surface area contributed by atoms with Crippen LogP contribution in [-0.4, -0.2) is 28.1 Å². The molecule has 0 aliphatic heterocycles. The molecule has 5 heteroatoms. The average molecular weight is 224 g/mol. The second-order valence-electron chi connectivity index (χ2n) is 3.71. The Bertz CT molecular complexity index is 346. The van der Waals surface area contributed by atoms with Crippen molar-refractivity contribution in [2.24, 2.45) is 5.92 Å². The van der Waals surface area contributed by atoms with Gasteiger partial charge in [0.25, 0.3) is 0 Å². The topological polar surface area (TPSA) is 71.3 Å². The first-order chi connectivity index (χ1) is 7.59. The molecule has 0 fully saturated rings. The van der Waals surface area contributed by atoms with Crippen LogP contribution in [0.2, 0.25) is 0 Å². The average Bonchev–Trinajstić information content (AvgIpc) is 2.75. The van der Waals surface area contributed by atoms with Gasteiger partial charge in [0.2, 0.25) is 5.91 Å². The minimum atomic E-state index is -0.897. The molecule has 0 aliphatic carbocycles. The molecule has 0 saturated heterocycles. The second-order valence-corrected chi connectivity index (χ2v) is 3.71. The number of nitrogens with zero attached hydrogens (tertiary/aromatic N) is 1. The SMILES string of the molecule is CC(CNC(=O)CCn1cccc1)C(=O)O. The van der Waals surface area contributed by atoms with E-state index in [1.807, 2.05) is 29.1 Å². The van der Waals surface area contributed by atoms with E-state index < -0.39 is 11.9 Å². The molecular formula is C11H16N2O3. The van der Waals surface area contributed by atoms with E-state index in [1.165, 1.54) is 0 Å². The van der Waals surface area contributed by atoms with Crippen LogP contribution < -0.4 is 5.32 Å². The third-order valence-corrected chi connectivity index (χ3v) is 2.29. The molecule has 0 aliphatic rings. The lowest BCUT2D eigenvalue weighted by Crippen LogP contribution is -2.31. The van der Waals surface area contributed by atoms with E-state index in [9.17, 15) is 9.59 Å². The first-order valence-electron chi connectivity index (χ1n) is 5.20. The Balaban J connectivity index is 2.19. The van der Waals surface area contributed by atoms with Gasteiger partial charge in [-0.15, -0.1) is 0 Å². The van der Waals surface area contributed by atoms with E-state index in [4.69, 9.17) is 5.11 Å². The van der Waals surface area contributed by atoms with Gasteiger partial charge in [0, 0.05) is 31.9 Å². The molecule has 0 saturated carbocycles. The minimum Gasteiger partial charge on any atom is -0.481 e. The van der Waals surface area contributed by atoms with Gasteiger partial charge < -0.3 is 15.0 Å². The fourth-order valence-electron chi connectivity index (χ4n) is 1.19. The number of hydrogen-bond acceptors (Lipinski definition) is 2. The maximum atomic E-state index is 11.3. The Kier molecular flexibility index (Phi) is 4.57. The third kappa shape index (κ3) is 4.16. The Morgan fingerprint density at radius 2 is 2.00 bits per heavy atom. The van der Waals surface area contributed by atoms with Gasteiger partial charge in [0.05, 0.1) is 5.92 Å². The number of hydrogen-bond donors (Lipinski definition) is 2. The molecule has 1 atom stereocenters. The summed E-state index contributed by atoms with van der Waals surface area (Å²) in [5.41, 5.74) is 0. The highest BCUT2D eigenvalue weighted by Gasteiger charge is 2.11. The molecule has 0 spiro atoms. The normalized spacial score (nSPS) is 12.1. The van der Waals surface area contributed by atoms with Gasteiger partial charge in [0.15, 0.2) is 0 Å². The number of carboxylic acid groups (broad SMARTS) is 1. The van der Waals surface area contributed by atoms with Crippen molar-refractivity contribution in [3.8, 4) is 0 Å². The highest BCUT2D eigenvalue weighted by Crippen LogP contribution is 1.95. The summed E-state index contributed by atoms with van der Waals surface area (Å²) in [4.78, 5) is 21.8. The van der Waals surface area contributed by atoms with Crippen LogP contribution in [0.5, 0.6) is 0 Å². The molecule has 5 nitrogen and oxygen atoms in total. The van der Waals surface area contributed by atoms with Crippen LogP contribution in [0.4, 0.5) is 0 Å². The molecule has 0 bridgehead atoms. The van der Waals surface area contributed by atoms with Crippen molar-refractivity contribution in [3.63, 3.8) is 0 Å². The second kappa shape index (κ2) is 5.95. The maximum absolute atomic E-state index is 11.3. The summed E-state index contributed by atoms with van der Waals surface area (Å²) in [5, 5.41) is 11.2. The van der Waals surface area contributed by atoms with Gasteiger partial charge in [-0.25, -0.2) is 0 Å². The molecule has 0 radical (unpaired) electrons. The number of aryl methyl sites for hydroxylation is 1. The van der Waals surface area contributed by atoms with Crippen LogP contribution in [0.15, 0.2) is 24.5 Å². The van der Waals surface area contributed by atoms with Gasteiger partial charge >= 0.3 is 5.97 Å². The lowest BCUT2D eigenvalue weighted by atomic mass is 10.2. The summed E-state index contributed by atoms with van der Waals surface area (Å²) < 4.78 is 1.90. The van der Waals surface area contributed by atoms with Gasteiger partial charge in [-0.1, -0.05) is 6.92 Å². The number of carbonyl (C=O) groups is 2. The number of amides is 1. The zero-order valence-electron chi connectivity index (χ0n) is 9.22. The molecule has 88 valence electrons. The van der Waals surface area contributed by atoms with Gasteiger partial charge in [-0.05, 0) is 12.1 Å². The van der Waals surface area contributed by atoms with Crippen LogP contribution in [0, 0.1) is 5.92 Å². The van der Waals surface area contributed by atoms with Gasteiger partial charge in [0.1, 0.15) is 0 Å². The lowest BCUT2D eigenvalue weighted by Gasteiger charge is -2.08. The summed E-state index contributed by atoms with van der Waals surface area (Å²) in [7, 11) is 0. The standard InChI is InChI=1S/C11H16N2O3/c1-9(11(15)16)8-12-10(14)4-7-13-5-2-3-6-13/h2-3,5-6,9H,4,7-8H2,1H3,(H,12,14)(H,15,16). The largest absolute Gasteiger partial charge is 0.481 e. The Morgan fingerprint density at radius 1 is 1.38 bits per heavy atom. The van der Waals surface area contributed by atoms with Crippen LogP contribution in [-0.2, 0) is 16.1 Å². The summed E-state index contributed by atoms with van der Waals surface area (Å²) in [5.74, 6) is -1.57. The van der Waals surface area contributed by atoms with E-state index in [1.54, 1.807) is 6.92 Å². The third-order valence-electron chi connectivity index (χ3n) is 2.29. The van der Waals surface area contributed by atoms with Crippen LogP contribution in [0.25, 0.3) is 0 Å². The van der Waals surface area contributed by atoms with Crippen LogP contribution in [0.1, 0.15) is 13.3 Å². The molecule has 1 rings (SSSR count). The first kappa shape index (κ1) is 12.3. The number of carbonyl (C=O) groups excluding carboxylic acids is 1. The van der Waals surface area contributed by atoms with E-state index >= 15 is 0 Å². The minimum absolute atomic E-state index is 0.123. The summed E-state index contributed by atoms with van der Waals surface area (Å²) in [6.45, 7) is 2.36. The molecule has 2 N–H and O–H groups in total. The maximum Gasteiger partial charge on any atom is 0.308 e. The Hall–Kier alpha value is -1.78. The number of aliphatic carboxylic acids is 1. The van der Waals surface area contributed by atoms with Crippen molar-refractivity contribution in [2.75, 3.05) is 6.54 Å². The van der Waals surface area contributed by atoms with Crippen molar-refractivity contribution in [2.45, 2.75) is 19.9 Å². The predicted molar refractivity (Wildman–Crippen MR) is 58.9 cm³/mol. The van der Waals surface area contributed by atoms with Crippen molar-refractivity contribution in [1.29, 1.82) is 0 Å². The number of carboxylic acids is 1. The molecule has 1 amide bonds. The fourth-order valence-corrected chi connectivity index (χ4v) is 1.19. The zero-order chi connectivity index (χ0) is 12.0. The number of rotatable bonds is 6. The van der Waals surface area contributed by atoms with Crippen molar-refractivity contribution < 1.29 is 14.7 Å². The van der Waals surface area contributed by atoms with Gasteiger partial charge in [-0.2, -0.15) is 0 Å². The van der Waals surface area contributed by atoms with E-state index in [0.29, 0.717) is 13.0 Å². The van der Waals surface area contributed by atoms with E-state index in [0.717, 1.165) is 0 Å². The smallest absolute Gasteiger partial charge is 0.308 e. The zero-order valence-corrected chi connectivity index (χ0v) is 9.22. The number of nitrogens with one attached hydrogen (secondary N) is 1. The molecule has 1 aromatic heterocycles. The van der Waals surface area contributed by atoms with E-state index in [-0.39, 0.29) is 12.5 Å². The molecule has 1 heterocycles. The number of aromatic nitrogens is 1. The summed E-state index contributed by atoms with van der Waals surface area (Å²) >= 11 is 0. The highest BCUT2D eigenvalue weighted by atomic mass is 16.4. The molecule has 1 aromatic rings. The molecule has 1 unspecified atom stereocenters. The lowest BCUT2D eigenvalue weighted by molar-refractivity contribution is -0.141. The highest BCUT2D eigenvalue weighted by molar-refractivity contribution is 5.77. The summed E-state index contributed by atoms with van der Waals surface area (Å²) in [6.07, 6.45) is 4.13. The summed E-state index contributed by atoms with van der Waals surface area (Å²) in [6, 6.07) is 3.79.